The second-order valence-corrected chi connectivity index (χ2v) is 8.24. The van der Waals surface area contributed by atoms with Gasteiger partial charge in [0.05, 0.1) is 0 Å². The third-order valence-electron chi connectivity index (χ3n) is 6.38. The van der Waals surface area contributed by atoms with E-state index in [2.05, 4.69) is 98.8 Å². The minimum atomic E-state index is -0.00331. The van der Waals surface area contributed by atoms with Gasteiger partial charge in [-0.2, -0.15) is 0 Å². The van der Waals surface area contributed by atoms with Gasteiger partial charge in [-0.15, -0.1) is 0 Å². The summed E-state index contributed by atoms with van der Waals surface area (Å²) in [6.45, 7) is 4.75. The maximum absolute atomic E-state index is 2.39. The zero-order valence-corrected chi connectivity index (χ0v) is 15.6. The standard InChI is InChI=1S/C27H20/c1-27(2)24-14-12-17-7-5-6-10-21(17)25(24)22-13-11-20-15-18-8-3-4-9-19(18)16-23(20)26(22)27/h3-16H,1-2H3. The lowest BCUT2D eigenvalue weighted by molar-refractivity contribution is 0.667. The third kappa shape index (κ3) is 1.88. The molecule has 0 heteroatoms. The van der Waals surface area contributed by atoms with Crippen LogP contribution < -0.4 is 0 Å². The zero-order chi connectivity index (χ0) is 18.2. The minimum absolute atomic E-state index is 0.00331. The highest BCUT2D eigenvalue weighted by Crippen LogP contribution is 2.53. The molecule has 0 heterocycles. The van der Waals surface area contributed by atoms with E-state index in [1.165, 1.54) is 54.6 Å². The van der Waals surface area contributed by atoms with Crippen LogP contribution >= 0.6 is 0 Å². The summed E-state index contributed by atoms with van der Waals surface area (Å²) in [6, 6.07) is 31.4. The summed E-state index contributed by atoms with van der Waals surface area (Å²) in [5.41, 5.74) is 5.73. The molecule has 27 heavy (non-hydrogen) atoms. The second kappa shape index (κ2) is 4.98. The van der Waals surface area contributed by atoms with Crippen molar-refractivity contribution in [3.05, 3.63) is 96.1 Å². The Morgan fingerprint density at radius 3 is 2.04 bits per heavy atom. The van der Waals surface area contributed by atoms with Gasteiger partial charge in [-0.25, -0.2) is 0 Å². The molecular weight excluding hydrogens is 324 g/mol. The summed E-state index contributed by atoms with van der Waals surface area (Å²) in [7, 11) is 0. The summed E-state index contributed by atoms with van der Waals surface area (Å²) in [4.78, 5) is 0. The molecule has 0 bridgehead atoms. The lowest BCUT2D eigenvalue weighted by atomic mass is 9.79. The van der Waals surface area contributed by atoms with Crippen molar-refractivity contribution in [2.24, 2.45) is 0 Å². The van der Waals surface area contributed by atoms with Crippen LogP contribution in [0, 0.1) is 0 Å². The van der Waals surface area contributed by atoms with Crippen molar-refractivity contribution in [1.82, 2.24) is 0 Å². The molecule has 0 aliphatic heterocycles. The molecule has 0 amide bonds. The second-order valence-electron chi connectivity index (χ2n) is 8.24. The van der Waals surface area contributed by atoms with Crippen molar-refractivity contribution in [2.75, 3.05) is 0 Å². The van der Waals surface area contributed by atoms with E-state index in [-0.39, 0.29) is 5.41 Å². The molecule has 0 saturated carbocycles. The predicted molar refractivity (Wildman–Crippen MR) is 117 cm³/mol. The van der Waals surface area contributed by atoms with Crippen LogP contribution in [0.3, 0.4) is 0 Å². The normalized spacial score (nSPS) is 14.6. The highest BCUT2D eigenvalue weighted by molar-refractivity contribution is 6.09. The van der Waals surface area contributed by atoms with Crippen molar-refractivity contribution in [3.63, 3.8) is 0 Å². The summed E-state index contributed by atoms with van der Waals surface area (Å²) in [5, 5.41) is 8.02. The summed E-state index contributed by atoms with van der Waals surface area (Å²) >= 11 is 0. The first kappa shape index (κ1) is 15.0. The van der Waals surface area contributed by atoms with Gasteiger partial charge in [-0.05, 0) is 66.7 Å². The SMILES string of the molecule is CC1(C)c2ccc3ccccc3c2-c2ccc3cc4ccccc4cc3c21. The Balaban J connectivity index is 1.80. The van der Waals surface area contributed by atoms with Gasteiger partial charge in [0.2, 0.25) is 0 Å². The first-order valence-corrected chi connectivity index (χ1v) is 9.63. The fourth-order valence-electron chi connectivity index (χ4n) is 5.11. The highest BCUT2D eigenvalue weighted by Gasteiger charge is 2.37. The molecule has 0 aromatic heterocycles. The Hall–Kier alpha value is -3.12. The molecule has 0 saturated heterocycles. The number of hydrogen-bond acceptors (Lipinski definition) is 0. The average Bonchev–Trinajstić information content (AvgIpc) is 2.94. The summed E-state index contributed by atoms with van der Waals surface area (Å²) in [5.74, 6) is 0. The Kier molecular flexibility index (Phi) is 2.77. The van der Waals surface area contributed by atoms with Crippen molar-refractivity contribution in [1.29, 1.82) is 0 Å². The molecule has 1 aliphatic rings. The molecule has 5 aromatic rings. The largest absolute Gasteiger partial charge is 0.0616 e. The molecule has 1 aliphatic carbocycles. The van der Waals surface area contributed by atoms with E-state index in [0.717, 1.165) is 0 Å². The van der Waals surface area contributed by atoms with Gasteiger partial charge in [0.1, 0.15) is 0 Å². The molecule has 0 radical (unpaired) electrons. The molecule has 128 valence electrons. The van der Waals surface area contributed by atoms with Gasteiger partial charge < -0.3 is 0 Å². The van der Waals surface area contributed by atoms with Gasteiger partial charge in [-0.1, -0.05) is 86.6 Å². The van der Waals surface area contributed by atoms with Crippen molar-refractivity contribution >= 4 is 32.3 Å². The van der Waals surface area contributed by atoms with Crippen molar-refractivity contribution in [2.45, 2.75) is 19.3 Å². The Labute approximate surface area is 159 Å². The predicted octanol–water partition coefficient (Wildman–Crippen LogP) is 7.45. The molecule has 0 N–H and O–H groups in total. The highest BCUT2D eigenvalue weighted by atomic mass is 14.4. The Morgan fingerprint density at radius 2 is 1.22 bits per heavy atom. The van der Waals surface area contributed by atoms with E-state index in [9.17, 15) is 0 Å². The molecule has 6 rings (SSSR count). The van der Waals surface area contributed by atoms with E-state index < -0.39 is 0 Å². The van der Waals surface area contributed by atoms with E-state index in [0.29, 0.717) is 0 Å². The maximum atomic E-state index is 2.39. The molecule has 0 unspecified atom stereocenters. The maximum Gasteiger partial charge on any atom is 0.0165 e. The smallest absolute Gasteiger partial charge is 0.0165 e. The number of rotatable bonds is 0. The monoisotopic (exact) mass is 344 g/mol. The molecule has 0 atom stereocenters. The van der Waals surface area contributed by atoms with E-state index in [4.69, 9.17) is 0 Å². The summed E-state index contributed by atoms with van der Waals surface area (Å²) in [6.07, 6.45) is 0. The Morgan fingerprint density at radius 1 is 0.556 bits per heavy atom. The zero-order valence-electron chi connectivity index (χ0n) is 15.6. The lowest BCUT2D eigenvalue weighted by Crippen LogP contribution is -2.15. The van der Waals surface area contributed by atoms with E-state index in [1.807, 2.05) is 0 Å². The van der Waals surface area contributed by atoms with Gasteiger partial charge in [0.15, 0.2) is 0 Å². The molecule has 0 nitrogen and oxygen atoms in total. The Bertz CT molecular complexity index is 1390. The molecule has 0 spiro atoms. The fourth-order valence-corrected chi connectivity index (χ4v) is 5.11. The molecular formula is C27H20. The minimum Gasteiger partial charge on any atom is -0.0616 e. The summed E-state index contributed by atoms with van der Waals surface area (Å²) < 4.78 is 0. The number of fused-ring (bicyclic) bond motifs is 8. The van der Waals surface area contributed by atoms with Crippen LogP contribution in [0.15, 0.2) is 84.9 Å². The third-order valence-corrected chi connectivity index (χ3v) is 6.38. The van der Waals surface area contributed by atoms with Gasteiger partial charge in [0, 0.05) is 5.41 Å². The van der Waals surface area contributed by atoms with Crippen LogP contribution in [-0.2, 0) is 5.41 Å². The average molecular weight is 344 g/mol. The van der Waals surface area contributed by atoms with Crippen LogP contribution in [0.1, 0.15) is 25.0 Å². The van der Waals surface area contributed by atoms with E-state index in [1.54, 1.807) is 0 Å². The van der Waals surface area contributed by atoms with Gasteiger partial charge >= 0.3 is 0 Å². The van der Waals surface area contributed by atoms with Crippen LogP contribution in [0.25, 0.3) is 43.4 Å². The first-order chi connectivity index (χ1) is 13.1. The topological polar surface area (TPSA) is 0 Å². The lowest BCUT2D eigenvalue weighted by Gasteiger charge is -2.23. The number of hydrogen-bond donors (Lipinski definition) is 0. The number of benzene rings is 5. The van der Waals surface area contributed by atoms with Gasteiger partial charge in [0.25, 0.3) is 0 Å². The first-order valence-electron chi connectivity index (χ1n) is 9.63. The van der Waals surface area contributed by atoms with Crippen molar-refractivity contribution in [3.8, 4) is 11.1 Å². The molecule has 5 aromatic carbocycles. The van der Waals surface area contributed by atoms with Crippen LogP contribution in [-0.4, -0.2) is 0 Å². The van der Waals surface area contributed by atoms with Gasteiger partial charge in [-0.3, -0.25) is 0 Å². The van der Waals surface area contributed by atoms with Crippen LogP contribution in [0.2, 0.25) is 0 Å². The van der Waals surface area contributed by atoms with Crippen LogP contribution in [0.4, 0.5) is 0 Å². The van der Waals surface area contributed by atoms with E-state index >= 15 is 0 Å². The van der Waals surface area contributed by atoms with Crippen LogP contribution in [0.5, 0.6) is 0 Å². The fraction of sp³-hybridized carbons (Fsp3) is 0.111. The van der Waals surface area contributed by atoms with Crippen molar-refractivity contribution < 1.29 is 0 Å². The molecule has 0 fully saturated rings. The quantitative estimate of drug-likeness (QED) is 0.256.